The van der Waals surface area contributed by atoms with Crippen LogP contribution in [0.3, 0.4) is 0 Å². The van der Waals surface area contributed by atoms with Crippen LogP contribution < -0.4 is 10.6 Å². The Bertz CT molecular complexity index is 987. The van der Waals surface area contributed by atoms with E-state index in [4.69, 9.17) is 4.74 Å². The summed E-state index contributed by atoms with van der Waals surface area (Å²) < 4.78 is 5.46. The summed E-state index contributed by atoms with van der Waals surface area (Å²) in [6.45, 7) is 8.42. The molecule has 0 aromatic heterocycles. The molecule has 0 aliphatic carbocycles. The highest BCUT2D eigenvalue weighted by atomic mass is 16.6. The maximum atomic E-state index is 13.0. The van der Waals surface area contributed by atoms with Gasteiger partial charge < -0.3 is 19.9 Å². The summed E-state index contributed by atoms with van der Waals surface area (Å²) in [4.78, 5) is 52.3. The minimum atomic E-state index is -0.495. The number of imide groups is 1. The minimum absolute atomic E-state index is 0.216. The summed E-state index contributed by atoms with van der Waals surface area (Å²) in [5, 5.41) is 5.59. The second-order valence-electron chi connectivity index (χ2n) is 11.5. The van der Waals surface area contributed by atoms with E-state index < -0.39 is 5.60 Å². The van der Waals surface area contributed by atoms with Crippen LogP contribution in [0.25, 0.3) is 0 Å². The second-order valence-corrected chi connectivity index (χ2v) is 11.5. The zero-order valence-corrected chi connectivity index (χ0v) is 22.3. The van der Waals surface area contributed by atoms with Gasteiger partial charge in [-0.3, -0.25) is 19.7 Å². The summed E-state index contributed by atoms with van der Waals surface area (Å²) in [6, 6.07) is 7.77. The van der Waals surface area contributed by atoms with E-state index >= 15 is 0 Å². The third-order valence-electron chi connectivity index (χ3n) is 7.54. The highest BCUT2D eigenvalue weighted by Crippen LogP contribution is 2.30. The Hall–Kier alpha value is -3.10. The van der Waals surface area contributed by atoms with Crippen LogP contribution in [0, 0.1) is 5.92 Å². The number of hydrogen-bond acceptors (Lipinski definition) is 6. The van der Waals surface area contributed by atoms with Gasteiger partial charge in [0.1, 0.15) is 11.6 Å². The van der Waals surface area contributed by atoms with Crippen LogP contribution in [0.1, 0.15) is 77.2 Å². The van der Waals surface area contributed by atoms with Crippen molar-refractivity contribution in [2.75, 3.05) is 31.5 Å². The molecule has 4 rings (SSSR count). The van der Waals surface area contributed by atoms with Gasteiger partial charge in [0, 0.05) is 44.7 Å². The van der Waals surface area contributed by atoms with Crippen molar-refractivity contribution in [3.05, 3.63) is 29.8 Å². The van der Waals surface area contributed by atoms with Crippen molar-refractivity contribution in [1.82, 2.24) is 15.1 Å². The fraction of sp³-hybridized carbons (Fsp3) is 0.643. The molecule has 37 heavy (non-hydrogen) atoms. The molecule has 3 aliphatic rings. The van der Waals surface area contributed by atoms with E-state index in [0.29, 0.717) is 44.2 Å². The van der Waals surface area contributed by atoms with E-state index in [9.17, 15) is 19.2 Å². The molecule has 4 amide bonds. The lowest BCUT2D eigenvalue weighted by molar-refractivity contribution is -0.134. The van der Waals surface area contributed by atoms with Crippen molar-refractivity contribution in [3.63, 3.8) is 0 Å². The molecule has 0 radical (unpaired) electrons. The average molecular weight is 513 g/mol. The van der Waals surface area contributed by atoms with E-state index in [-0.39, 0.29) is 29.9 Å². The third-order valence-corrected chi connectivity index (χ3v) is 7.54. The molecule has 3 saturated heterocycles. The Labute approximate surface area is 219 Å². The first kappa shape index (κ1) is 26.9. The molecule has 202 valence electrons. The summed E-state index contributed by atoms with van der Waals surface area (Å²) in [6.07, 6.45) is 4.67. The van der Waals surface area contributed by atoms with Crippen molar-refractivity contribution in [2.24, 2.45) is 5.92 Å². The molecule has 3 fully saturated rings. The molecular weight excluding hydrogens is 472 g/mol. The van der Waals surface area contributed by atoms with Crippen LogP contribution in [-0.4, -0.2) is 71.4 Å². The van der Waals surface area contributed by atoms with Crippen LogP contribution in [0.2, 0.25) is 0 Å². The number of anilines is 1. The van der Waals surface area contributed by atoms with Gasteiger partial charge in [-0.1, -0.05) is 12.1 Å². The molecule has 1 atom stereocenters. The number of carbonyl (C=O) groups is 4. The largest absolute Gasteiger partial charge is 0.444 e. The first-order chi connectivity index (χ1) is 17.6. The SMILES string of the molecule is CC(C)(C)OC(=O)N1CCC(CC(=O)N2CCC(c3ccc(NC4CCC(=O)NC4=O)cc3)CC2)CC1. The first-order valence-corrected chi connectivity index (χ1v) is 13.5. The highest BCUT2D eigenvalue weighted by Gasteiger charge is 2.30. The van der Waals surface area contributed by atoms with Crippen molar-refractivity contribution >= 4 is 29.5 Å². The van der Waals surface area contributed by atoms with E-state index in [0.717, 1.165) is 44.5 Å². The quantitative estimate of drug-likeness (QED) is 0.583. The molecule has 2 N–H and O–H groups in total. The van der Waals surface area contributed by atoms with Crippen LogP contribution in [0.5, 0.6) is 0 Å². The molecule has 0 saturated carbocycles. The standard InChI is InChI=1S/C28H40N4O5/c1-28(2,3)37-27(36)32-14-10-19(11-15-32)18-25(34)31-16-12-21(13-17-31)20-4-6-22(7-5-20)29-23-8-9-24(33)30-26(23)35/h4-7,19,21,23,29H,8-18H2,1-3H3,(H,30,33,35). The van der Waals surface area contributed by atoms with Gasteiger partial charge in [0.15, 0.2) is 0 Å². The minimum Gasteiger partial charge on any atom is -0.444 e. The monoisotopic (exact) mass is 512 g/mol. The topological polar surface area (TPSA) is 108 Å². The lowest BCUT2D eigenvalue weighted by atomic mass is 9.88. The Morgan fingerprint density at radius 2 is 1.57 bits per heavy atom. The molecule has 1 aromatic carbocycles. The third kappa shape index (κ3) is 7.46. The molecule has 9 heteroatoms. The summed E-state index contributed by atoms with van der Waals surface area (Å²) in [5.41, 5.74) is 1.61. The van der Waals surface area contributed by atoms with Gasteiger partial charge in [-0.25, -0.2) is 4.79 Å². The number of ether oxygens (including phenoxy) is 1. The Morgan fingerprint density at radius 3 is 2.16 bits per heavy atom. The summed E-state index contributed by atoms with van der Waals surface area (Å²) >= 11 is 0. The van der Waals surface area contributed by atoms with Crippen LogP contribution in [-0.2, 0) is 19.1 Å². The summed E-state index contributed by atoms with van der Waals surface area (Å²) in [5.74, 6) is 0.454. The normalized spacial score (nSPS) is 22.0. The number of nitrogens with zero attached hydrogens (tertiary/aromatic N) is 2. The van der Waals surface area contributed by atoms with Crippen molar-refractivity contribution in [1.29, 1.82) is 0 Å². The summed E-state index contributed by atoms with van der Waals surface area (Å²) in [7, 11) is 0. The number of benzene rings is 1. The zero-order valence-electron chi connectivity index (χ0n) is 22.3. The molecular formula is C28H40N4O5. The van der Waals surface area contributed by atoms with Crippen LogP contribution in [0.15, 0.2) is 24.3 Å². The molecule has 9 nitrogen and oxygen atoms in total. The molecule has 3 heterocycles. The predicted molar refractivity (Wildman–Crippen MR) is 140 cm³/mol. The lowest BCUT2D eigenvalue weighted by Gasteiger charge is -2.36. The van der Waals surface area contributed by atoms with Crippen LogP contribution >= 0.6 is 0 Å². The van der Waals surface area contributed by atoms with Gasteiger partial charge in [0.2, 0.25) is 17.7 Å². The van der Waals surface area contributed by atoms with Gasteiger partial charge >= 0.3 is 6.09 Å². The molecule has 0 spiro atoms. The van der Waals surface area contributed by atoms with Gasteiger partial charge in [0.25, 0.3) is 0 Å². The number of piperidine rings is 3. The van der Waals surface area contributed by atoms with Gasteiger partial charge in [-0.05, 0) is 82.4 Å². The number of carbonyl (C=O) groups excluding carboxylic acids is 4. The number of nitrogens with one attached hydrogen (secondary N) is 2. The van der Waals surface area contributed by atoms with E-state index in [1.807, 2.05) is 37.8 Å². The maximum Gasteiger partial charge on any atom is 0.410 e. The highest BCUT2D eigenvalue weighted by molar-refractivity contribution is 6.01. The Kier molecular flexibility index (Phi) is 8.39. The molecule has 0 bridgehead atoms. The number of rotatable bonds is 5. The molecule has 1 aromatic rings. The van der Waals surface area contributed by atoms with E-state index in [1.165, 1.54) is 5.56 Å². The fourth-order valence-electron chi connectivity index (χ4n) is 5.37. The zero-order chi connectivity index (χ0) is 26.6. The van der Waals surface area contributed by atoms with Gasteiger partial charge in [-0.15, -0.1) is 0 Å². The predicted octanol–water partition coefficient (Wildman–Crippen LogP) is 3.65. The van der Waals surface area contributed by atoms with Crippen molar-refractivity contribution < 1.29 is 23.9 Å². The first-order valence-electron chi connectivity index (χ1n) is 13.5. The Balaban J connectivity index is 1.18. The number of likely N-dealkylation sites (tertiary alicyclic amines) is 2. The average Bonchev–Trinajstić information content (AvgIpc) is 2.86. The van der Waals surface area contributed by atoms with E-state index in [2.05, 4.69) is 22.8 Å². The van der Waals surface area contributed by atoms with Crippen molar-refractivity contribution in [2.45, 2.75) is 83.3 Å². The van der Waals surface area contributed by atoms with Crippen LogP contribution in [0.4, 0.5) is 10.5 Å². The molecule has 1 unspecified atom stereocenters. The van der Waals surface area contributed by atoms with Gasteiger partial charge in [0.05, 0.1) is 0 Å². The molecule has 3 aliphatic heterocycles. The Morgan fingerprint density at radius 1 is 0.946 bits per heavy atom. The van der Waals surface area contributed by atoms with Crippen molar-refractivity contribution in [3.8, 4) is 0 Å². The smallest absolute Gasteiger partial charge is 0.410 e. The number of amides is 4. The maximum absolute atomic E-state index is 13.0. The van der Waals surface area contributed by atoms with E-state index in [1.54, 1.807) is 4.90 Å². The lowest BCUT2D eigenvalue weighted by Crippen LogP contribution is -2.47. The second kappa shape index (κ2) is 11.5. The van der Waals surface area contributed by atoms with Gasteiger partial charge in [-0.2, -0.15) is 0 Å². The number of hydrogen-bond donors (Lipinski definition) is 2. The fourth-order valence-corrected chi connectivity index (χ4v) is 5.37.